The van der Waals surface area contributed by atoms with Crippen molar-refractivity contribution < 1.29 is 39.5 Å². The lowest BCUT2D eigenvalue weighted by molar-refractivity contribution is -0.403. The molecule has 2 unspecified atom stereocenters. The van der Waals surface area contributed by atoms with Gasteiger partial charge < -0.3 is 0 Å². The van der Waals surface area contributed by atoms with E-state index in [1.165, 1.54) is 22.6 Å². The van der Waals surface area contributed by atoms with Crippen molar-refractivity contribution in [2.75, 3.05) is 0 Å². The van der Waals surface area contributed by atoms with Crippen molar-refractivity contribution in [3.05, 3.63) is 0 Å². The first kappa shape index (κ1) is 24.1. The summed E-state index contributed by atoms with van der Waals surface area (Å²) in [6.45, 7) is 2.96. The lowest BCUT2D eigenvalue weighted by atomic mass is 9.85. The molecule has 0 fully saturated rings. The van der Waals surface area contributed by atoms with Gasteiger partial charge in [0.05, 0.1) is 0 Å². The smallest absolute Gasteiger partial charge is 0.199 e. The maximum absolute atomic E-state index is 14.0. The van der Waals surface area contributed by atoms with Crippen LogP contribution < -0.4 is 0 Å². The van der Waals surface area contributed by atoms with Crippen molar-refractivity contribution in [2.24, 2.45) is 5.92 Å². The molecule has 0 saturated carbocycles. The minimum Gasteiger partial charge on any atom is -0.199 e. The van der Waals surface area contributed by atoms with Crippen LogP contribution in [0, 0.1) is 5.92 Å². The third kappa shape index (κ3) is 4.84. The SMILES string of the molecule is CCCCCCC(I)C(CC)C(F)(F)C(F)(F)C(F)(F)C(F)(F)F. The standard InChI is InChI=1S/C14H20F9I/c1-3-5-6-7-8-10(24)9(4-2)11(15,16)12(17,18)13(19,20)14(21,22)23/h9-10H,3-8H2,1-2H3. The zero-order chi connectivity index (χ0) is 19.4. The minimum atomic E-state index is -6.81. The maximum Gasteiger partial charge on any atom is 0.460 e. The highest BCUT2D eigenvalue weighted by Crippen LogP contribution is 2.56. The summed E-state index contributed by atoms with van der Waals surface area (Å²) in [6.07, 6.45) is -4.67. The van der Waals surface area contributed by atoms with E-state index >= 15 is 0 Å². The molecule has 0 aromatic heterocycles. The molecule has 24 heavy (non-hydrogen) atoms. The molecule has 0 N–H and O–H groups in total. The summed E-state index contributed by atoms with van der Waals surface area (Å²) in [4.78, 5) is 0. The average Bonchev–Trinajstić information content (AvgIpc) is 2.42. The summed E-state index contributed by atoms with van der Waals surface area (Å²) in [7, 11) is 0. The van der Waals surface area contributed by atoms with Gasteiger partial charge in [0.2, 0.25) is 0 Å². The second kappa shape index (κ2) is 8.66. The third-order valence-corrected chi connectivity index (χ3v) is 5.34. The maximum atomic E-state index is 14.0. The van der Waals surface area contributed by atoms with E-state index < -0.39 is 40.2 Å². The van der Waals surface area contributed by atoms with Gasteiger partial charge >= 0.3 is 23.9 Å². The Morgan fingerprint density at radius 1 is 0.750 bits per heavy atom. The fourth-order valence-corrected chi connectivity index (χ4v) is 3.73. The van der Waals surface area contributed by atoms with E-state index in [2.05, 4.69) is 0 Å². The predicted octanol–water partition coefficient (Wildman–Crippen LogP) is 7.25. The number of alkyl halides is 10. The van der Waals surface area contributed by atoms with Crippen molar-refractivity contribution in [1.82, 2.24) is 0 Å². The molecule has 0 rings (SSSR count). The van der Waals surface area contributed by atoms with Crippen molar-refractivity contribution >= 4 is 22.6 Å². The van der Waals surface area contributed by atoms with Gasteiger partial charge in [-0.15, -0.1) is 0 Å². The van der Waals surface area contributed by atoms with E-state index in [-0.39, 0.29) is 6.42 Å². The van der Waals surface area contributed by atoms with Crippen LogP contribution in [0.2, 0.25) is 0 Å². The van der Waals surface area contributed by atoms with Crippen molar-refractivity contribution in [3.63, 3.8) is 0 Å². The summed E-state index contributed by atoms with van der Waals surface area (Å²) in [5.41, 5.74) is 0. The monoisotopic (exact) mass is 486 g/mol. The van der Waals surface area contributed by atoms with Crippen molar-refractivity contribution in [2.45, 2.75) is 80.2 Å². The summed E-state index contributed by atoms with van der Waals surface area (Å²) in [5, 5.41) is 0. The van der Waals surface area contributed by atoms with E-state index in [4.69, 9.17) is 0 Å². The molecular weight excluding hydrogens is 466 g/mol. The Morgan fingerprint density at radius 3 is 1.62 bits per heavy atom. The molecule has 0 aliphatic heterocycles. The van der Waals surface area contributed by atoms with Gasteiger partial charge in [-0.25, -0.2) is 0 Å². The predicted molar refractivity (Wildman–Crippen MR) is 81.2 cm³/mol. The Labute approximate surface area is 148 Å². The molecule has 0 spiro atoms. The summed E-state index contributed by atoms with van der Waals surface area (Å²) < 4.78 is 116. The molecule has 0 aliphatic carbocycles. The molecule has 0 heterocycles. The van der Waals surface area contributed by atoms with Crippen LogP contribution in [0.5, 0.6) is 0 Å². The molecule has 0 nitrogen and oxygen atoms in total. The number of hydrogen-bond donors (Lipinski definition) is 0. The molecule has 0 aliphatic rings. The van der Waals surface area contributed by atoms with E-state index in [9.17, 15) is 39.5 Å². The molecule has 0 bridgehead atoms. The van der Waals surface area contributed by atoms with Gasteiger partial charge in [-0.3, -0.25) is 0 Å². The number of halogens is 10. The van der Waals surface area contributed by atoms with E-state index in [1.807, 2.05) is 6.92 Å². The highest BCUT2D eigenvalue weighted by molar-refractivity contribution is 14.1. The zero-order valence-corrected chi connectivity index (χ0v) is 15.3. The third-order valence-electron chi connectivity index (χ3n) is 3.84. The fraction of sp³-hybridized carbons (Fsp3) is 1.00. The number of unbranched alkanes of at least 4 members (excludes halogenated alkanes) is 3. The largest absolute Gasteiger partial charge is 0.460 e. The lowest BCUT2D eigenvalue weighted by Crippen LogP contribution is -2.63. The summed E-state index contributed by atoms with van der Waals surface area (Å²) in [5.74, 6) is -21.1. The van der Waals surface area contributed by atoms with Gasteiger partial charge in [0.1, 0.15) is 0 Å². The fourth-order valence-electron chi connectivity index (χ4n) is 2.33. The van der Waals surface area contributed by atoms with Gasteiger partial charge in [0.15, 0.2) is 0 Å². The van der Waals surface area contributed by atoms with Crippen LogP contribution in [0.4, 0.5) is 39.5 Å². The van der Waals surface area contributed by atoms with E-state index in [0.29, 0.717) is 12.8 Å². The molecule has 0 saturated heterocycles. The zero-order valence-electron chi connectivity index (χ0n) is 13.2. The quantitative estimate of drug-likeness (QED) is 0.132. The van der Waals surface area contributed by atoms with Crippen LogP contribution in [0.25, 0.3) is 0 Å². The van der Waals surface area contributed by atoms with Crippen LogP contribution >= 0.6 is 22.6 Å². The van der Waals surface area contributed by atoms with Crippen molar-refractivity contribution in [3.8, 4) is 0 Å². The van der Waals surface area contributed by atoms with Gasteiger partial charge in [-0.2, -0.15) is 39.5 Å². The average molecular weight is 486 g/mol. The minimum absolute atomic E-state index is 0.0440. The first-order valence-corrected chi connectivity index (χ1v) is 8.77. The van der Waals surface area contributed by atoms with Crippen LogP contribution in [0.3, 0.4) is 0 Å². The van der Waals surface area contributed by atoms with E-state index in [0.717, 1.165) is 19.8 Å². The second-order valence-electron chi connectivity index (χ2n) is 5.65. The lowest BCUT2D eigenvalue weighted by Gasteiger charge is -2.39. The first-order chi connectivity index (χ1) is 10.7. The molecule has 0 aromatic rings. The Hall–Kier alpha value is 0.1000. The van der Waals surface area contributed by atoms with Crippen LogP contribution in [-0.2, 0) is 0 Å². The van der Waals surface area contributed by atoms with Crippen molar-refractivity contribution in [1.29, 1.82) is 0 Å². The molecular formula is C14H20F9I. The van der Waals surface area contributed by atoms with Crippen LogP contribution in [0.1, 0.15) is 52.4 Å². The van der Waals surface area contributed by atoms with Gasteiger partial charge in [-0.1, -0.05) is 62.1 Å². The molecule has 10 heteroatoms. The highest BCUT2D eigenvalue weighted by Gasteiger charge is 2.82. The van der Waals surface area contributed by atoms with E-state index in [1.54, 1.807) is 0 Å². The van der Waals surface area contributed by atoms with Gasteiger partial charge in [-0.05, 0) is 12.8 Å². The van der Waals surface area contributed by atoms with Crippen LogP contribution in [0.15, 0.2) is 0 Å². The highest BCUT2D eigenvalue weighted by atomic mass is 127. The normalized spacial score (nSPS) is 17.0. The molecule has 0 amide bonds. The topological polar surface area (TPSA) is 0 Å². The Balaban J connectivity index is 5.41. The molecule has 0 radical (unpaired) electrons. The van der Waals surface area contributed by atoms with Gasteiger partial charge in [0, 0.05) is 9.84 Å². The number of hydrogen-bond acceptors (Lipinski definition) is 0. The van der Waals surface area contributed by atoms with Gasteiger partial charge in [0.25, 0.3) is 0 Å². The number of rotatable bonds is 10. The summed E-state index contributed by atoms with van der Waals surface area (Å²) >= 11 is 1.43. The first-order valence-electron chi connectivity index (χ1n) is 7.52. The molecule has 146 valence electrons. The summed E-state index contributed by atoms with van der Waals surface area (Å²) in [6, 6.07) is 0. The molecule has 0 aromatic carbocycles. The Kier molecular flexibility index (Phi) is 8.69. The Bertz CT molecular complexity index is 379. The second-order valence-corrected chi connectivity index (χ2v) is 7.25. The van der Waals surface area contributed by atoms with Crippen LogP contribution in [-0.4, -0.2) is 27.9 Å². The molecule has 2 atom stereocenters. The Morgan fingerprint density at radius 2 is 1.25 bits per heavy atom.